The van der Waals surface area contributed by atoms with Gasteiger partial charge in [-0.2, -0.15) is 5.26 Å². The summed E-state index contributed by atoms with van der Waals surface area (Å²) < 4.78 is 0. The van der Waals surface area contributed by atoms with Gasteiger partial charge in [-0.25, -0.2) is 0 Å². The molecule has 81 valence electrons. The largest absolute Gasteiger partial charge is 0.289 e. The second kappa shape index (κ2) is 4.63. The van der Waals surface area contributed by atoms with Gasteiger partial charge < -0.3 is 0 Å². The molecule has 0 bridgehead atoms. The Morgan fingerprint density at radius 1 is 0.941 bits per heavy atom. The summed E-state index contributed by atoms with van der Waals surface area (Å²) in [6, 6.07) is 15.7. The van der Waals surface area contributed by atoms with Gasteiger partial charge in [-0.3, -0.25) is 4.79 Å². The van der Waals surface area contributed by atoms with E-state index in [0.717, 1.165) is 5.56 Å². The minimum absolute atomic E-state index is 0.0468. The molecule has 0 atom stereocenters. The fourth-order valence-corrected chi connectivity index (χ4v) is 1.52. The lowest BCUT2D eigenvalue weighted by molar-refractivity contribution is 0.103. The molecule has 0 heterocycles. The molecule has 2 aromatic rings. The highest BCUT2D eigenvalue weighted by molar-refractivity contribution is 6.09. The van der Waals surface area contributed by atoms with Crippen molar-refractivity contribution in [2.45, 2.75) is 0 Å². The van der Waals surface area contributed by atoms with Gasteiger partial charge in [0.25, 0.3) is 0 Å². The predicted octanol–water partition coefficient (Wildman–Crippen LogP) is 2.97. The second-order valence-electron chi connectivity index (χ2n) is 3.72. The molecule has 0 fully saturated rings. The molecule has 2 heteroatoms. The maximum absolute atomic E-state index is 12.1. The van der Waals surface area contributed by atoms with Crippen LogP contribution in [-0.4, -0.2) is 5.78 Å². The summed E-state index contributed by atoms with van der Waals surface area (Å²) in [5.74, 6) is -0.0468. The smallest absolute Gasteiger partial charge is 0.193 e. The number of carbonyl (C=O) groups excluding carboxylic acids is 1. The molecule has 17 heavy (non-hydrogen) atoms. The summed E-state index contributed by atoms with van der Waals surface area (Å²) in [5, 5.41) is 8.67. The molecule has 0 amide bonds. The quantitative estimate of drug-likeness (QED) is 0.730. The number of ketones is 1. The van der Waals surface area contributed by atoms with Gasteiger partial charge in [-0.05, 0) is 36.8 Å². The van der Waals surface area contributed by atoms with Crippen molar-refractivity contribution in [2.24, 2.45) is 0 Å². The van der Waals surface area contributed by atoms with Gasteiger partial charge in [-0.1, -0.05) is 24.3 Å². The van der Waals surface area contributed by atoms with E-state index in [1.165, 1.54) is 0 Å². The van der Waals surface area contributed by atoms with E-state index in [9.17, 15) is 4.79 Å². The molecule has 0 N–H and O–H groups in total. The van der Waals surface area contributed by atoms with E-state index >= 15 is 0 Å². The standard InChI is InChI=1S/C15H10NO/c1-11-2-6-13(7-3-11)15(17)14-8-4-12(10-16)5-9-14/h2-9H,1H2. The maximum atomic E-state index is 12.1. The SMILES string of the molecule is [CH2]c1ccc(C(=O)c2ccc(C#N)cc2)cc1. The monoisotopic (exact) mass is 220 g/mol. The maximum Gasteiger partial charge on any atom is 0.193 e. The van der Waals surface area contributed by atoms with Crippen LogP contribution in [0.15, 0.2) is 48.5 Å². The molecule has 0 saturated carbocycles. The summed E-state index contributed by atoms with van der Waals surface area (Å²) in [6.45, 7) is 3.77. The van der Waals surface area contributed by atoms with Crippen LogP contribution in [0.2, 0.25) is 0 Å². The average Bonchev–Trinajstić information content (AvgIpc) is 2.39. The minimum Gasteiger partial charge on any atom is -0.289 e. The minimum atomic E-state index is -0.0468. The molecular weight excluding hydrogens is 210 g/mol. The first-order valence-electron chi connectivity index (χ1n) is 5.17. The normalized spacial score (nSPS) is 9.65. The first kappa shape index (κ1) is 11.1. The van der Waals surface area contributed by atoms with Crippen LogP contribution in [0.1, 0.15) is 27.0 Å². The third-order valence-corrected chi connectivity index (χ3v) is 2.49. The van der Waals surface area contributed by atoms with Crippen LogP contribution in [0.4, 0.5) is 0 Å². The van der Waals surface area contributed by atoms with Gasteiger partial charge in [-0.15, -0.1) is 0 Å². The average molecular weight is 220 g/mol. The Morgan fingerprint density at radius 3 is 1.88 bits per heavy atom. The zero-order valence-electron chi connectivity index (χ0n) is 9.18. The first-order valence-corrected chi connectivity index (χ1v) is 5.17. The van der Waals surface area contributed by atoms with Crippen LogP contribution < -0.4 is 0 Å². The summed E-state index contributed by atoms with van der Waals surface area (Å²) in [4.78, 5) is 12.1. The third kappa shape index (κ3) is 2.40. The molecule has 2 rings (SSSR count). The number of hydrogen-bond acceptors (Lipinski definition) is 2. The third-order valence-electron chi connectivity index (χ3n) is 2.49. The van der Waals surface area contributed by atoms with E-state index in [2.05, 4.69) is 6.92 Å². The molecule has 0 aliphatic rings. The summed E-state index contributed by atoms with van der Waals surface area (Å²) in [7, 11) is 0. The Kier molecular flexibility index (Phi) is 3.02. The zero-order valence-corrected chi connectivity index (χ0v) is 9.18. The first-order chi connectivity index (χ1) is 8.20. The van der Waals surface area contributed by atoms with Gasteiger partial charge in [0.05, 0.1) is 11.6 Å². The number of nitrogens with zero attached hydrogens (tertiary/aromatic N) is 1. The Hall–Kier alpha value is -2.40. The van der Waals surface area contributed by atoms with Crippen LogP contribution in [0, 0.1) is 18.3 Å². The number of benzene rings is 2. The topological polar surface area (TPSA) is 40.9 Å². The Bertz CT molecular complexity index is 574. The lowest BCUT2D eigenvalue weighted by Crippen LogP contribution is -2.00. The van der Waals surface area contributed by atoms with Crippen molar-refractivity contribution >= 4 is 5.78 Å². The lowest BCUT2D eigenvalue weighted by Gasteiger charge is -2.01. The molecule has 0 unspecified atom stereocenters. The molecule has 0 aliphatic heterocycles. The van der Waals surface area contributed by atoms with Crippen LogP contribution in [0.25, 0.3) is 0 Å². The highest BCUT2D eigenvalue weighted by Crippen LogP contribution is 2.11. The van der Waals surface area contributed by atoms with Gasteiger partial charge in [0, 0.05) is 11.1 Å². The number of carbonyl (C=O) groups is 1. The molecule has 0 spiro atoms. The number of rotatable bonds is 2. The number of hydrogen-bond donors (Lipinski definition) is 0. The summed E-state index contributed by atoms with van der Waals surface area (Å²) in [6.07, 6.45) is 0. The van der Waals surface area contributed by atoms with Crippen LogP contribution in [0.5, 0.6) is 0 Å². The van der Waals surface area contributed by atoms with E-state index < -0.39 is 0 Å². The second-order valence-corrected chi connectivity index (χ2v) is 3.72. The summed E-state index contributed by atoms with van der Waals surface area (Å²) in [5.41, 5.74) is 2.64. The molecule has 2 nitrogen and oxygen atoms in total. The van der Waals surface area contributed by atoms with Crippen molar-refractivity contribution in [3.8, 4) is 6.07 Å². The van der Waals surface area contributed by atoms with Crippen LogP contribution in [-0.2, 0) is 0 Å². The van der Waals surface area contributed by atoms with Crippen LogP contribution >= 0.6 is 0 Å². The van der Waals surface area contributed by atoms with Crippen molar-refractivity contribution in [1.82, 2.24) is 0 Å². The van der Waals surface area contributed by atoms with Gasteiger partial charge in [0.2, 0.25) is 0 Å². The predicted molar refractivity (Wildman–Crippen MR) is 65.5 cm³/mol. The van der Waals surface area contributed by atoms with Gasteiger partial charge in [0.1, 0.15) is 0 Å². The van der Waals surface area contributed by atoms with Crippen molar-refractivity contribution in [3.63, 3.8) is 0 Å². The van der Waals surface area contributed by atoms with Crippen molar-refractivity contribution in [2.75, 3.05) is 0 Å². The molecule has 0 saturated heterocycles. The molecular formula is C15H10NO. The Balaban J connectivity index is 2.31. The Morgan fingerprint density at radius 2 is 1.41 bits per heavy atom. The Labute approximate surface area is 100 Å². The van der Waals surface area contributed by atoms with E-state index in [4.69, 9.17) is 5.26 Å². The zero-order chi connectivity index (χ0) is 12.3. The summed E-state index contributed by atoms with van der Waals surface area (Å²) >= 11 is 0. The lowest BCUT2D eigenvalue weighted by atomic mass is 10.0. The highest BCUT2D eigenvalue weighted by atomic mass is 16.1. The molecule has 2 aromatic carbocycles. The fourth-order valence-electron chi connectivity index (χ4n) is 1.52. The highest BCUT2D eigenvalue weighted by Gasteiger charge is 2.08. The molecule has 1 radical (unpaired) electrons. The van der Waals surface area contributed by atoms with Crippen molar-refractivity contribution in [1.29, 1.82) is 5.26 Å². The van der Waals surface area contributed by atoms with E-state index in [1.54, 1.807) is 48.5 Å². The molecule has 0 aliphatic carbocycles. The molecule has 0 aromatic heterocycles. The fraction of sp³-hybridized carbons (Fsp3) is 0. The van der Waals surface area contributed by atoms with Crippen LogP contribution in [0.3, 0.4) is 0 Å². The van der Waals surface area contributed by atoms with Crippen molar-refractivity contribution in [3.05, 3.63) is 77.7 Å². The van der Waals surface area contributed by atoms with Crippen molar-refractivity contribution < 1.29 is 4.79 Å². The van der Waals surface area contributed by atoms with Gasteiger partial charge in [0.15, 0.2) is 5.78 Å². The van der Waals surface area contributed by atoms with E-state index in [1.807, 2.05) is 6.07 Å². The number of nitriles is 1. The van der Waals surface area contributed by atoms with E-state index in [-0.39, 0.29) is 5.78 Å². The van der Waals surface area contributed by atoms with E-state index in [0.29, 0.717) is 16.7 Å². The van der Waals surface area contributed by atoms with Gasteiger partial charge >= 0.3 is 0 Å².